The number of hydrogen-bond donors (Lipinski definition) is 2. The van der Waals surface area contributed by atoms with Crippen molar-refractivity contribution in [2.24, 2.45) is 0 Å². The molecule has 0 saturated heterocycles. The van der Waals surface area contributed by atoms with E-state index in [1.165, 1.54) is 12.1 Å². The number of carbonyl (C=O) groups excluding carboxylic acids is 1. The molecule has 0 atom stereocenters. The van der Waals surface area contributed by atoms with Gasteiger partial charge in [0.1, 0.15) is 17.3 Å². The van der Waals surface area contributed by atoms with Crippen molar-refractivity contribution in [3.63, 3.8) is 0 Å². The minimum Gasteiger partial charge on any atom is -0.497 e. The molecule has 3 aromatic carbocycles. The first-order valence-corrected chi connectivity index (χ1v) is 10.1. The van der Waals surface area contributed by atoms with Gasteiger partial charge in [0.2, 0.25) is 0 Å². The van der Waals surface area contributed by atoms with E-state index in [9.17, 15) is 9.18 Å². The van der Waals surface area contributed by atoms with Gasteiger partial charge in [-0.25, -0.2) is 4.39 Å². The topological polar surface area (TPSA) is 85.4 Å². The highest BCUT2D eigenvalue weighted by atomic mass is 19.1. The molecular formula is C25H21FN4O3. The van der Waals surface area contributed by atoms with E-state index >= 15 is 0 Å². The lowest BCUT2D eigenvalue weighted by molar-refractivity contribution is 0.102. The zero-order chi connectivity index (χ0) is 23.2. The molecule has 1 amide bonds. The first-order chi connectivity index (χ1) is 16.0. The number of anilines is 3. The summed E-state index contributed by atoms with van der Waals surface area (Å²) in [6.45, 7) is 0. The van der Waals surface area contributed by atoms with Crippen molar-refractivity contribution in [1.29, 1.82) is 0 Å². The van der Waals surface area contributed by atoms with Crippen molar-refractivity contribution >= 4 is 23.1 Å². The number of rotatable bonds is 7. The number of methoxy groups -OCH3 is 2. The van der Waals surface area contributed by atoms with Crippen molar-refractivity contribution < 1.29 is 18.7 Å². The van der Waals surface area contributed by atoms with Crippen LogP contribution in [-0.4, -0.2) is 30.3 Å². The lowest BCUT2D eigenvalue weighted by atomic mass is 10.1. The minimum absolute atomic E-state index is 0.290. The maximum Gasteiger partial charge on any atom is 0.255 e. The predicted octanol–water partition coefficient (Wildman–Crippen LogP) is 5.30. The average Bonchev–Trinajstić information content (AvgIpc) is 2.84. The van der Waals surface area contributed by atoms with Gasteiger partial charge in [-0.1, -0.05) is 18.2 Å². The van der Waals surface area contributed by atoms with E-state index in [2.05, 4.69) is 20.8 Å². The van der Waals surface area contributed by atoms with E-state index in [0.717, 1.165) is 0 Å². The Bertz CT molecular complexity index is 1260. The third-order valence-corrected chi connectivity index (χ3v) is 4.79. The highest BCUT2D eigenvalue weighted by molar-refractivity contribution is 6.05. The number of ether oxygens (including phenoxy) is 2. The van der Waals surface area contributed by atoms with Gasteiger partial charge in [-0.05, 0) is 42.5 Å². The number of halogens is 1. The molecule has 4 aromatic rings. The molecule has 1 heterocycles. The molecule has 8 heteroatoms. The van der Waals surface area contributed by atoms with E-state index < -0.39 is 0 Å². The summed E-state index contributed by atoms with van der Waals surface area (Å²) in [6.07, 6.45) is 0. The second kappa shape index (κ2) is 9.78. The van der Waals surface area contributed by atoms with E-state index in [4.69, 9.17) is 9.47 Å². The number of benzene rings is 3. The Morgan fingerprint density at radius 3 is 2.24 bits per heavy atom. The molecule has 0 aliphatic heterocycles. The van der Waals surface area contributed by atoms with Crippen molar-refractivity contribution in [3.05, 3.63) is 90.2 Å². The van der Waals surface area contributed by atoms with Crippen LogP contribution < -0.4 is 20.1 Å². The fraction of sp³-hybridized carbons (Fsp3) is 0.0800. The fourth-order valence-electron chi connectivity index (χ4n) is 3.17. The fourth-order valence-corrected chi connectivity index (χ4v) is 3.17. The summed E-state index contributed by atoms with van der Waals surface area (Å²) >= 11 is 0. The van der Waals surface area contributed by atoms with Crippen LogP contribution in [0.25, 0.3) is 11.3 Å². The van der Waals surface area contributed by atoms with Crippen molar-refractivity contribution in [1.82, 2.24) is 10.2 Å². The van der Waals surface area contributed by atoms with Gasteiger partial charge in [-0.2, -0.15) is 0 Å². The smallest absolute Gasteiger partial charge is 0.255 e. The Kier molecular flexibility index (Phi) is 6.45. The molecule has 166 valence electrons. The Labute approximate surface area is 190 Å². The summed E-state index contributed by atoms with van der Waals surface area (Å²) in [6, 6.07) is 21.8. The molecule has 0 bridgehead atoms. The van der Waals surface area contributed by atoms with Gasteiger partial charge >= 0.3 is 0 Å². The summed E-state index contributed by atoms with van der Waals surface area (Å²) in [5.41, 5.74) is 2.86. The van der Waals surface area contributed by atoms with Gasteiger partial charge in [0.25, 0.3) is 5.91 Å². The number of carbonyl (C=O) groups is 1. The second-order valence-corrected chi connectivity index (χ2v) is 7.08. The van der Waals surface area contributed by atoms with Gasteiger partial charge in [0.05, 0.1) is 19.9 Å². The molecule has 0 unspecified atom stereocenters. The molecule has 7 nitrogen and oxygen atoms in total. The zero-order valence-electron chi connectivity index (χ0n) is 18.0. The zero-order valence-corrected chi connectivity index (χ0v) is 18.0. The van der Waals surface area contributed by atoms with Crippen LogP contribution in [-0.2, 0) is 0 Å². The van der Waals surface area contributed by atoms with Gasteiger partial charge in [0.15, 0.2) is 5.82 Å². The molecule has 4 rings (SSSR count). The van der Waals surface area contributed by atoms with Gasteiger partial charge in [0, 0.05) is 40.7 Å². The Hall–Kier alpha value is -4.46. The maximum absolute atomic E-state index is 13.4. The summed E-state index contributed by atoms with van der Waals surface area (Å²) in [5.74, 6) is 1.01. The Balaban J connectivity index is 1.47. The average molecular weight is 444 g/mol. The number of hydrogen-bond acceptors (Lipinski definition) is 6. The largest absolute Gasteiger partial charge is 0.497 e. The highest BCUT2D eigenvalue weighted by Gasteiger charge is 2.10. The third-order valence-electron chi connectivity index (χ3n) is 4.79. The number of nitrogens with one attached hydrogen (secondary N) is 2. The van der Waals surface area contributed by atoms with E-state index in [1.54, 1.807) is 74.9 Å². The third kappa shape index (κ3) is 5.43. The molecule has 0 aliphatic rings. The Morgan fingerprint density at radius 2 is 1.58 bits per heavy atom. The number of amides is 1. The Morgan fingerprint density at radius 1 is 0.818 bits per heavy atom. The van der Waals surface area contributed by atoms with Crippen LogP contribution in [0.4, 0.5) is 21.6 Å². The molecule has 2 N–H and O–H groups in total. The van der Waals surface area contributed by atoms with Gasteiger partial charge in [-0.3, -0.25) is 4.79 Å². The molecule has 1 aromatic heterocycles. The molecule has 33 heavy (non-hydrogen) atoms. The lowest BCUT2D eigenvalue weighted by Gasteiger charge is -2.11. The standard InChI is InChI=1S/C25H21FN4O3/c1-32-21-13-20(14-22(15-21)33-2)28-25(31)17-6-4-8-19(12-17)27-24-10-9-23(29-30-24)16-5-3-7-18(26)11-16/h3-15H,1-2H3,(H,27,30)(H,28,31). The van der Waals surface area contributed by atoms with Crippen molar-refractivity contribution in [2.45, 2.75) is 0 Å². The van der Waals surface area contributed by atoms with E-state index in [-0.39, 0.29) is 11.7 Å². The molecule has 0 radical (unpaired) electrons. The quantitative estimate of drug-likeness (QED) is 0.403. The van der Waals surface area contributed by atoms with E-state index in [0.29, 0.717) is 45.5 Å². The highest BCUT2D eigenvalue weighted by Crippen LogP contribution is 2.26. The van der Waals surface area contributed by atoms with Gasteiger partial charge in [-0.15, -0.1) is 10.2 Å². The van der Waals surface area contributed by atoms with Crippen molar-refractivity contribution in [2.75, 3.05) is 24.9 Å². The molecule has 0 spiro atoms. The summed E-state index contributed by atoms with van der Waals surface area (Å²) < 4.78 is 23.9. The van der Waals surface area contributed by atoms with E-state index in [1.807, 2.05) is 6.07 Å². The monoisotopic (exact) mass is 444 g/mol. The first kappa shape index (κ1) is 21.8. The molecule has 0 fully saturated rings. The summed E-state index contributed by atoms with van der Waals surface area (Å²) in [5, 5.41) is 14.3. The van der Waals surface area contributed by atoms with Crippen LogP contribution in [0, 0.1) is 5.82 Å². The molecule has 0 saturated carbocycles. The van der Waals surface area contributed by atoms with Crippen LogP contribution in [0.5, 0.6) is 11.5 Å². The van der Waals surface area contributed by atoms with Crippen LogP contribution in [0.3, 0.4) is 0 Å². The summed E-state index contributed by atoms with van der Waals surface area (Å²) in [4.78, 5) is 12.8. The van der Waals surface area contributed by atoms with Gasteiger partial charge < -0.3 is 20.1 Å². The predicted molar refractivity (Wildman–Crippen MR) is 125 cm³/mol. The second-order valence-electron chi connectivity index (χ2n) is 7.08. The minimum atomic E-state index is -0.334. The van der Waals surface area contributed by atoms with Crippen LogP contribution in [0.15, 0.2) is 78.9 Å². The lowest BCUT2D eigenvalue weighted by Crippen LogP contribution is -2.12. The normalized spacial score (nSPS) is 10.4. The van der Waals surface area contributed by atoms with Crippen LogP contribution in [0.1, 0.15) is 10.4 Å². The van der Waals surface area contributed by atoms with Crippen LogP contribution >= 0.6 is 0 Å². The SMILES string of the molecule is COc1cc(NC(=O)c2cccc(Nc3ccc(-c4cccc(F)c4)nn3)c2)cc(OC)c1. The molecule has 0 aliphatic carbocycles. The van der Waals surface area contributed by atoms with Crippen molar-refractivity contribution in [3.8, 4) is 22.8 Å². The van der Waals surface area contributed by atoms with Crippen LogP contribution in [0.2, 0.25) is 0 Å². The first-order valence-electron chi connectivity index (χ1n) is 10.1. The summed E-state index contributed by atoms with van der Waals surface area (Å²) in [7, 11) is 3.09. The maximum atomic E-state index is 13.4. The molecular weight excluding hydrogens is 423 g/mol. The number of nitrogens with zero attached hydrogens (tertiary/aromatic N) is 2. The number of aromatic nitrogens is 2.